The fourth-order valence-corrected chi connectivity index (χ4v) is 3.63. The van der Waals surface area contributed by atoms with Crippen molar-refractivity contribution < 1.29 is 14.5 Å². The van der Waals surface area contributed by atoms with Gasteiger partial charge in [0.05, 0.1) is 26.2 Å². The van der Waals surface area contributed by atoms with Crippen molar-refractivity contribution in [2.24, 2.45) is 0 Å². The Labute approximate surface area is 173 Å². The van der Waals surface area contributed by atoms with Gasteiger partial charge in [0.2, 0.25) is 11.8 Å². The van der Waals surface area contributed by atoms with Crippen molar-refractivity contribution in [2.75, 3.05) is 26.2 Å². The van der Waals surface area contributed by atoms with Gasteiger partial charge < -0.3 is 15.1 Å². The van der Waals surface area contributed by atoms with Crippen LogP contribution in [0.2, 0.25) is 0 Å². The quantitative estimate of drug-likeness (QED) is 0.731. The normalized spacial score (nSPS) is 16.0. The van der Waals surface area contributed by atoms with Crippen molar-refractivity contribution >= 4 is 17.9 Å². The molecule has 3 rings (SSSR count). The Balaban J connectivity index is 1.45. The zero-order valence-electron chi connectivity index (χ0n) is 17.2. The number of amides is 2. The molecule has 0 aromatic heterocycles. The fraction of sp³-hybridized carbons (Fsp3) is 0.333. The lowest BCUT2D eigenvalue weighted by molar-refractivity contribution is -0.917. The zero-order valence-corrected chi connectivity index (χ0v) is 17.2. The highest BCUT2D eigenvalue weighted by Gasteiger charge is 2.27. The lowest BCUT2D eigenvalue weighted by Crippen LogP contribution is -3.13. The summed E-state index contributed by atoms with van der Waals surface area (Å²) in [4.78, 5) is 28.2. The SMILES string of the molecule is Cc1ccccc1C[NH+]1CCN(C(=O)[C@H](C)NC(=O)/C=C/c2ccccc2)CC1. The van der Waals surface area contributed by atoms with E-state index in [1.54, 1.807) is 13.0 Å². The molecule has 0 bridgehead atoms. The first-order valence-electron chi connectivity index (χ1n) is 10.2. The van der Waals surface area contributed by atoms with E-state index in [9.17, 15) is 9.59 Å². The van der Waals surface area contributed by atoms with Crippen molar-refractivity contribution in [2.45, 2.75) is 26.4 Å². The Kier molecular flexibility index (Phi) is 7.19. The maximum atomic E-state index is 12.7. The molecule has 152 valence electrons. The average molecular weight is 393 g/mol. The number of benzene rings is 2. The van der Waals surface area contributed by atoms with Crippen LogP contribution in [-0.4, -0.2) is 48.9 Å². The molecule has 2 aromatic carbocycles. The minimum atomic E-state index is -0.527. The van der Waals surface area contributed by atoms with Crippen LogP contribution in [0.4, 0.5) is 0 Å². The van der Waals surface area contributed by atoms with Crippen LogP contribution in [0.25, 0.3) is 6.08 Å². The van der Waals surface area contributed by atoms with Crippen LogP contribution in [0, 0.1) is 6.92 Å². The minimum Gasteiger partial charge on any atom is -0.341 e. The topological polar surface area (TPSA) is 53.9 Å². The van der Waals surface area contributed by atoms with Crippen molar-refractivity contribution in [3.05, 3.63) is 77.4 Å². The summed E-state index contributed by atoms with van der Waals surface area (Å²) < 4.78 is 0. The van der Waals surface area contributed by atoms with E-state index in [0.717, 1.165) is 38.3 Å². The Morgan fingerprint density at radius 2 is 1.72 bits per heavy atom. The molecule has 0 spiro atoms. The van der Waals surface area contributed by atoms with E-state index >= 15 is 0 Å². The van der Waals surface area contributed by atoms with Crippen molar-refractivity contribution in [3.63, 3.8) is 0 Å². The number of nitrogens with one attached hydrogen (secondary N) is 2. The summed E-state index contributed by atoms with van der Waals surface area (Å²) in [5.74, 6) is -0.264. The van der Waals surface area contributed by atoms with E-state index < -0.39 is 6.04 Å². The Morgan fingerprint density at radius 3 is 2.41 bits per heavy atom. The molecule has 1 fully saturated rings. The second-order valence-corrected chi connectivity index (χ2v) is 7.65. The molecule has 1 heterocycles. The molecule has 0 aliphatic carbocycles. The van der Waals surface area contributed by atoms with Gasteiger partial charge >= 0.3 is 0 Å². The van der Waals surface area contributed by atoms with Crippen LogP contribution in [0.3, 0.4) is 0 Å². The smallest absolute Gasteiger partial charge is 0.245 e. The van der Waals surface area contributed by atoms with E-state index in [4.69, 9.17) is 0 Å². The van der Waals surface area contributed by atoms with Crippen molar-refractivity contribution in [1.82, 2.24) is 10.2 Å². The highest BCUT2D eigenvalue weighted by Crippen LogP contribution is 2.06. The Bertz CT molecular complexity index is 855. The molecule has 2 aromatic rings. The predicted octanol–water partition coefficient (Wildman–Crippen LogP) is 1.44. The van der Waals surface area contributed by atoms with Gasteiger partial charge in [-0.25, -0.2) is 0 Å². The van der Waals surface area contributed by atoms with Crippen LogP contribution in [-0.2, 0) is 16.1 Å². The van der Waals surface area contributed by atoms with Crippen LogP contribution < -0.4 is 10.2 Å². The molecule has 1 saturated heterocycles. The van der Waals surface area contributed by atoms with Gasteiger partial charge in [-0.3, -0.25) is 9.59 Å². The molecule has 2 amide bonds. The first kappa shape index (κ1) is 20.8. The molecular formula is C24H30N3O2+. The highest BCUT2D eigenvalue weighted by atomic mass is 16.2. The number of aryl methyl sites for hydroxylation is 1. The summed E-state index contributed by atoms with van der Waals surface area (Å²) in [6.45, 7) is 8.18. The molecule has 2 N–H and O–H groups in total. The van der Waals surface area contributed by atoms with E-state index in [-0.39, 0.29) is 11.8 Å². The first-order chi connectivity index (χ1) is 14.0. The van der Waals surface area contributed by atoms with Gasteiger partial charge in [0.25, 0.3) is 0 Å². The van der Waals surface area contributed by atoms with Gasteiger partial charge in [-0.05, 0) is 31.1 Å². The van der Waals surface area contributed by atoms with Gasteiger partial charge in [-0.2, -0.15) is 0 Å². The minimum absolute atomic E-state index is 0.0126. The third kappa shape index (κ3) is 6.03. The van der Waals surface area contributed by atoms with Gasteiger partial charge in [-0.15, -0.1) is 0 Å². The van der Waals surface area contributed by atoms with Crippen molar-refractivity contribution in [1.29, 1.82) is 0 Å². The largest absolute Gasteiger partial charge is 0.341 e. The zero-order chi connectivity index (χ0) is 20.6. The second kappa shape index (κ2) is 10.0. The maximum absolute atomic E-state index is 12.7. The van der Waals surface area contributed by atoms with Crippen LogP contribution in [0.5, 0.6) is 0 Å². The molecule has 0 radical (unpaired) electrons. The summed E-state index contributed by atoms with van der Waals surface area (Å²) in [6.07, 6.45) is 3.23. The Hall–Kier alpha value is -2.92. The first-order valence-corrected chi connectivity index (χ1v) is 10.2. The van der Waals surface area contributed by atoms with Gasteiger partial charge in [-0.1, -0.05) is 54.6 Å². The summed E-state index contributed by atoms with van der Waals surface area (Å²) in [5, 5.41) is 2.78. The highest BCUT2D eigenvalue weighted by molar-refractivity contribution is 5.95. The van der Waals surface area contributed by atoms with Crippen molar-refractivity contribution in [3.8, 4) is 0 Å². The molecule has 29 heavy (non-hydrogen) atoms. The van der Waals surface area contributed by atoms with Gasteiger partial charge in [0, 0.05) is 11.6 Å². The Morgan fingerprint density at radius 1 is 1.07 bits per heavy atom. The summed E-state index contributed by atoms with van der Waals surface area (Å²) in [5.41, 5.74) is 3.64. The number of carbonyl (C=O) groups excluding carboxylic acids is 2. The molecular weight excluding hydrogens is 362 g/mol. The third-order valence-corrected chi connectivity index (χ3v) is 5.44. The van der Waals surface area contributed by atoms with Crippen LogP contribution in [0.1, 0.15) is 23.6 Å². The molecule has 1 aliphatic heterocycles. The van der Waals surface area contributed by atoms with E-state index in [0.29, 0.717) is 0 Å². The molecule has 1 aliphatic rings. The number of rotatable bonds is 6. The molecule has 5 heteroatoms. The molecule has 0 unspecified atom stereocenters. The number of hydrogen-bond donors (Lipinski definition) is 2. The lowest BCUT2D eigenvalue weighted by atomic mass is 10.1. The summed E-state index contributed by atoms with van der Waals surface area (Å²) in [7, 11) is 0. The van der Waals surface area contributed by atoms with E-state index in [1.165, 1.54) is 22.1 Å². The van der Waals surface area contributed by atoms with E-state index in [1.807, 2.05) is 35.2 Å². The monoisotopic (exact) mass is 392 g/mol. The van der Waals surface area contributed by atoms with Crippen LogP contribution >= 0.6 is 0 Å². The van der Waals surface area contributed by atoms with Gasteiger partial charge in [0.1, 0.15) is 12.6 Å². The number of carbonyl (C=O) groups is 2. The molecule has 5 nitrogen and oxygen atoms in total. The van der Waals surface area contributed by atoms with Crippen LogP contribution in [0.15, 0.2) is 60.7 Å². The predicted molar refractivity (Wildman–Crippen MR) is 115 cm³/mol. The number of hydrogen-bond acceptors (Lipinski definition) is 2. The average Bonchev–Trinajstić information content (AvgIpc) is 2.74. The number of piperazine rings is 1. The molecule has 1 atom stereocenters. The summed E-state index contributed by atoms with van der Waals surface area (Å²) >= 11 is 0. The van der Waals surface area contributed by atoms with Gasteiger partial charge in [0.15, 0.2) is 0 Å². The summed E-state index contributed by atoms with van der Waals surface area (Å²) in [6, 6.07) is 17.6. The number of nitrogens with zero attached hydrogens (tertiary/aromatic N) is 1. The lowest BCUT2D eigenvalue weighted by Gasteiger charge is -2.34. The number of quaternary nitrogens is 1. The standard InChI is InChI=1S/C24H29N3O2/c1-19-8-6-7-11-22(19)18-26-14-16-27(17-15-26)24(29)20(2)25-23(28)13-12-21-9-4-3-5-10-21/h3-13,20H,14-18H2,1-2H3,(H,25,28)/p+1/b13-12+/t20-/m0/s1. The van der Waals surface area contributed by atoms with E-state index in [2.05, 4.69) is 36.5 Å². The third-order valence-electron chi connectivity index (χ3n) is 5.44. The maximum Gasteiger partial charge on any atom is 0.245 e. The molecule has 0 saturated carbocycles. The fourth-order valence-electron chi connectivity index (χ4n) is 3.63. The second-order valence-electron chi connectivity index (χ2n) is 7.65.